The molecule has 1 heterocycles. The monoisotopic (exact) mass is 466 g/mol. The average molecular weight is 467 g/mol. The Hall–Kier alpha value is -3.96. The molecule has 34 heavy (non-hydrogen) atoms. The Kier molecular flexibility index (Phi) is 7.35. The molecule has 2 amide bonds. The van der Waals surface area contributed by atoms with Gasteiger partial charge in [-0.1, -0.05) is 78.9 Å². The predicted octanol–water partition coefficient (Wildman–Crippen LogP) is 6.04. The molecule has 0 aliphatic rings. The summed E-state index contributed by atoms with van der Waals surface area (Å²) in [5, 5.41) is 7.94. The van der Waals surface area contributed by atoms with E-state index in [0.717, 1.165) is 27.1 Å². The molecule has 0 aliphatic carbocycles. The largest absolute Gasteiger partial charge is 0.340 e. The summed E-state index contributed by atoms with van der Waals surface area (Å²) < 4.78 is 0. The minimum atomic E-state index is -0.364. The van der Waals surface area contributed by atoms with E-state index in [-0.39, 0.29) is 23.6 Å². The normalized spacial score (nSPS) is 12.1. The molecule has 0 saturated carbocycles. The van der Waals surface area contributed by atoms with Gasteiger partial charge in [0.05, 0.1) is 6.04 Å². The standard InChI is InChI=1S/C29H26N2O2S/c1-20-11-6-8-16-24(20)27(22-13-4-3-5-14-22)31-29(33)26(19-23-15-10-18-34-23)30-28(32)25-17-9-7-12-21(25)2/h3-19,27H,1-2H3,(H,30,32)(H,31,33)/b26-19-. The van der Waals surface area contributed by atoms with Crippen LogP contribution in [0.1, 0.15) is 43.5 Å². The molecule has 0 aliphatic heterocycles. The lowest BCUT2D eigenvalue weighted by molar-refractivity contribution is -0.118. The molecular formula is C29H26N2O2S. The van der Waals surface area contributed by atoms with Crippen LogP contribution < -0.4 is 10.6 Å². The number of benzene rings is 3. The lowest BCUT2D eigenvalue weighted by Gasteiger charge is -2.22. The van der Waals surface area contributed by atoms with Crippen LogP contribution >= 0.6 is 11.3 Å². The van der Waals surface area contributed by atoms with E-state index in [0.29, 0.717) is 5.56 Å². The van der Waals surface area contributed by atoms with Gasteiger partial charge >= 0.3 is 0 Å². The lowest BCUT2D eigenvalue weighted by Crippen LogP contribution is -2.37. The van der Waals surface area contributed by atoms with E-state index in [4.69, 9.17) is 0 Å². The van der Waals surface area contributed by atoms with Crippen LogP contribution in [0, 0.1) is 13.8 Å². The number of carbonyl (C=O) groups excluding carboxylic acids is 2. The highest BCUT2D eigenvalue weighted by Gasteiger charge is 2.22. The molecule has 0 radical (unpaired) electrons. The van der Waals surface area contributed by atoms with Gasteiger partial charge in [0.1, 0.15) is 5.70 Å². The second-order valence-electron chi connectivity index (χ2n) is 8.02. The molecule has 1 aromatic heterocycles. The van der Waals surface area contributed by atoms with Gasteiger partial charge in [0.2, 0.25) is 0 Å². The van der Waals surface area contributed by atoms with Gasteiger partial charge in [-0.05, 0) is 59.7 Å². The van der Waals surface area contributed by atoms with Crippen molar-refractivity contribution in [2.75, 3.05) is 0 Å². The van der Waals surface area contributed by atoms with Crippen LogP contribution in [0.25, 0.3) is 6.08 Å². The van der Waals surface area contributed by atoms with Gasteiger partial charge in [0.25, 0.3) is 11.8 Å². The molecule has 4 nitrogen and oxygen atoms in total. The van der Waals surface area contributed by atoms with Crippen molar-refractivity contribution in [2.24, 2.45) is 0 Å². The van der Waals surface area contributed by atoms with Crippen molar-refractivity contribution in [1.82, 2.24) is 10.6 Å². The summed E-state index contributed by atoms with van der Waals surface area (Å²) in [7, 11) is 0. The number of hydrogen-bond donors (Lipinski definition) is 2. The first-order valence-corrected chi connectivity index (χ1v) is 11.9. The Morgan fingerprint density at radius 3 is 2.15 bits per heavy atom. The van der Waals surface area contributed by atoms with Crippen LogP contribution in [0.15, 0.2) is 102 Å². The Morgan fingerprint density at radius 1 is 0.794 bits per heavy atom. The molecule has 5 heteroatoms. The molecule has 4 rings (SSSR count). The average Bonchev–Trinajstić information content (AvgIpc) is 3.36. The molecule has 170 valence electrons. The molecule has 1 unspecified atom stereocenters. The highest BCUT2D eigenvalue weighted by atomic mass is 32.1. The number of thiophene rings is 1. The van der Waals surface area contributed by atoms with E-state index in [2.05, 4.69) is 10.6 Å². The summed E-state index contributed by atoms with van der Waals surface area (Å²) in [6.45, 7) is 3.90. The first-order chi connectivity index (χ1) is 16.5. The van der Waals surface area contributed by atoms with Gasteiger partial charge in [0, 0.05) is 10.4 Å². The SMILES string of the molecule is Cc1ccccc1C(=O)N/C(=C\c1cccs1)C(=O)NC(c1ccccc1)c1ccccc1C. The first kappa shape index (κ1) is 23.2. The summed E-state index contributed by atoms with van der Waals surface area (Å²) in [4.78, 5) is 27.5. The molecule has 1 atom stereocenters. The zero-order valence-electron chi connectivity index (χ0n) is 19.1. The van der Waals surface area contributed by atoms with E-state index < -0.39 is 0 Å². The van der Waals surface area contributed by atoms with E-state index in [1.54, 1.807) is 12.1 Å². The Morgan fingerprint density at radius 2 is 1.47 bits per heavy atom. The Labute approximate surface area is 204 Å². The Bertz CT molecular complexity index is 1310. The number of carbonyl (C=O) groups is 2. The highest BCUT2D eigenvalue weighted by Crippen LogP contribution is 2.25. The third-order valence-corrected chi connectivity index (χ3v) is 6.44. The minimum absolute atomic E-state index is 0.199. The number of amides is 2. The van der Waals surface area contributed by atoms with E-state index in [9.17, 15) is 9.59 Å². The predicted molar refractivity (Wildman–Crippen MR) is 139 cm³/mol. The lowest BCUT2D eigenvalue weighted by atomic mass is 9.95. The van der Waals surface area contributed by atoms with Crippen LogP contribution in [-0.4, -0.2) is 11.8 Å². The Balaban J connectivity index is 1.68. The summed E-state index contributed by atoms with van der Waals surface area (Å²) in [6.07, 6.45) is 1.72. The molecule has 0 spiro atoms. The van der Waals surface area contributed by atoms with Gasteiger partial charge < -0.3 is 10.6 Å². The topological polar surface area (TPSA) is 58.2 Å². The first-order valence-electron chi connectivity index (χ1n) is 11.1. The minimum Gasteiger partial charge on any atom is -0.340 e. The van der Waals surface area contributed by atoms with Crippen molar-refractivity contribution >= 4 is 29.2 Å². The van der Waals surface area contributed by atoms with E-state index in [1.807, 2.05) is 104 Å². The summed E-state index contributed by atoms with van der Waals surface area (Å²) in [6, 6.07) is 28.6. The zero-order chi connectivity index (χ0) is 23.9. The van der Waals surface area contributed by atoms with Crippen molar-refractivity contribution in [3.05, 3.63) is 135 Å². The van der Waals surface area contributed by atoms with Gasteiger partial charge in [-0.15, -0.1) is 11.3 Å². The number of nitrogens with one attached hydrogen (secondary N) is 2. The summed E-state index contributed by atoms with van der Waals surface area (Å²) in [5.41, 5.74) is 4.62. The van der Waals surface area contributed by atoms with Crippen LogP contribution in [0.3, 0.4) is 0 Å². The molecule has 3 aromatic carbocycles. The maximum absolute atomic E-state index is 13.6. The maximum atomic E-state index is 13.6. The number of rotatable bonds is 7. The fourth-order valence-corrected chi connectivity index (χ4v) is 4.45. The molecule has 0 saturated heterocycles. The quantitative estimate of drug-likeness (QED) is 0.326. The second kappa shape index (κ2) is 10.8. The molecule has 2 N–H and O–H groups in total. The molecule has 0 bridgehead atoms. The molecular weight excluding hydrogens is 440 g/mol. The van der Waals surface area contributed by atoms with Crippen LogP contribution in [0.5, 0.6) is 0 Å². The van der Waals surface area contributed by atoms with Crippen molar-refractivity contribution in [3.8, 4) is 0 Å². The van der Waals surface area contributed by atoms with Crippen LogP contribution in [-0.2, 0) is 4.79 Å². The number of aryl methyl sites for hydroxylation is 2. The van der Waals surface area contributed by atoms with E-state index in [1.165, 1.54) is 11.3 Å². The van der Waals surface area contributed by atoms with Gasteiger partial charge in [-0.2, -0.15) is 0 Å². The molecule has 0 fully saturated rings. The summed E-state index contributed by atoms with van der Waals surface area (Å²) >= 11 is 1.50. The maximum Gasteiger partial charge on any atom is 0.268 e. The fraction of sp³-hybridized carbons (Fsp3) is 0.103. The third kappa shape index (κ3) is 5.50. The van der Waals surface area contributed by atoms with Gasteiger partial charge in [-0.3, -0.25) is 9.59 Å². The summed E-state index contributed by atoms with van der Waals surface area (Å²) in [5.74, 6) is -0.671. The van der Waals surface area contributed by atoms with Crippen molar-refractivity contribution in [1.29, 1.82) is 0 Å². The third-order valence-electron chi connectivity index (χ3n) is 5.62. The van der Waals surface area contributed by atoms with Crippen LogP contribution in [0.2, 0.25) is 0 Å². The van der Waals surface area contributed by atoms with Crippen molar-refractivity contribution < 1.29 is 9.59 Å². The van der Waals surface area contributed by atoms with E-state index >= 15 is 0 Å². The zero-order valence-corrected chi connectivity index (χ0v) is 19.9. The van der Waals surface area contributed by atoms with Gasteiger partial charge in [0.15, 0.2) is 0 Å². The van der Waals surface area contributed by atoms with Crippen LogP contribution in [0.4, 0.5) is 0 Å². The fourth-order valence-electron chi connectivity index (χ4n) is 3.80. The van der Waals surface area contributed by atoms with Crippen molar-refractivity contribution in [2.45, 2.75) is 19.9 Å². The van der Waals surface area contributed by atoms with Crippen molar-refractivity contribution in [3.63, 3.8) is 0 Å². The van der Waals surface area contributed by atoms with Gasteiger partial charge in [-0.25, -0.2) is 0 Å². The number of hydrogen-bond acceptors (Lipinski definition) is 3. The highest BCUT2D eigenvalue weighted by molar-refractivity contribution is 7.10. The second-order valence-corrected chi connectivity index (χ2v) is 9.00. The smallest absolute Gasteiger partial charge is 0.268 e. The molecule has 4 aromatic rings.